The number of benzene rings is 1. The summed E-state index contributed by atoms with van der Waals surface area (Å²) < 4.78 is 13.4. The number of anilines is 1. The Balaban J connectivity index is 1.95. The molecule has 0 saturated heterocycles. The Hall–Kier alpha value is -2.76. The van der Waals surface area contributed by atoms with E-state index in [9.17, 15) is 0 Å². The molecule has 0 amide bonds. The summed E-state index contributed by atoms with van der Waals surface area (Å²) in [5, 5.41) is 4.46. The van der Waals surface area contributed by atoms with Gasteiger partial charge in [-0.05, 0) is 26.0 Å². The molecule has 24 heavy (non-hydrogen) atoms. The van der Waals surface area contributed by atoms with E-state index in [0.29, 0.717) is 19.8 Å². The van der Waals surface area contributed by atoms with Gasteiger partial charge in [-0.3, -0.25) is 4.98 Å². The van der Waals surface area contributed by atoms with Gasteiger partial charge in [-0.15, -0.1) is 0 Å². The molecule has 0 fully saturated rings. The largest absolute Gasteiger partial charge is 0.490 e. The number of aromatic nitrogens is 3. The predicted octanol–water partition coefficient (Wildman–Crippen LogP) is 3.38. The third-order valence-corrected chi connectivity index (χ3v) is 3.78. The molecule has 0 radical (unpaired) electrons. The zero-order valence-corrected chi connectivity index (χ0v) is 14.2. The van der Waals surface area contributed by atoms with Gasteiger partial charge in [-0.25, -0.2) is 4.98 Å². The van der Waals surface area contributed by atoms with Crippen molar-refractivity contribution >= 4 is 16.6 Å². The molecule has 0 saturated carbocycles. The lowest BCUT2D eigenvalue weighted by Gasteiger charge is -2.14. The van der Waals surface area contributed by atoms with Gasteiger partial charge in [0.2, 0.25) is 0 Å². The topological polar surface area (TPSA) is 61.2 Å². The third kappa shape index (κ3) is 3.27. The average molecular weight is 326 g/mol. The van der Waals surface area contributed by atoms with E-state index in [1.807, 2.05) is 49.9 Å². The van der Waals surface area contributed by atoms with Crippen LogP contribution in [0.2, 0.25) is 0 Å². The van der Waals surface area contributed by atoms with Crippen molar-refractivity contribution in [3.63, 3.8) is 0 Å². The van der Waals surface area contributed by atoms with Crippen LogP contribution in [0.15, 0.2) is 36.9 Å². The van der Waals surface area contributed by atoms with E-state index in [2.05, 4.69) is 15.3 Å². The summed E-state index contributed by atoms with van der Waals surface area (Å²) >= 11 is 0. The van der Waals surface area contributed by atoms with Crippen LogP contribution in [0.4, 0.5) is 5.69 Å². The number of rotatable bonds is 7. The Morgan fingerprint density at radius 2 is 1.88 bits per heavy atom. The molecule has 1 aromatic carbocycles. The number of pyridine rings is 1. The van der Waals surface area contributed by atoms with Crippen molar-refractivity contribution in [2.75, 3.05) is 18.5 Å². The molecule has 6 heteroatoms. The van der Waals surface area contributed by atoms with E-state index in [1.54, 1.807) is 12.5 Å². The molecule has 0 aliphatic heterocycles. The Morgan fingerprint density at radius 3 is 2.54 bits per heavy atom. The van der Waals surface area contributed by atoms with Crippen LogP contribution >= 0.6 is 0 Å². The van der Waals surface area contributed by atoms with Gasteiger partial charge in [0.05, 0.1) is 37.3 Å². The molecule has 0 unspecified atom stereocenters. The Morgan fingerprint density at radius 1 is 1.12 bits per heavy atom. The Labute approximate surface area is 141 Å². The third-order valence-electron chi connectivity index (χ3n) is 3.78. The summed E-state index contributed by atoms with van der Waals surface area (Å²) in [5.41, 5.74) is 2.98. The molecule has 6 nitrogen and oxygen atoms in total. The van der Waals surface area contributed by atoms with Crippen LogP contribution in [0, 0.1) is 0 Å². The summed E-state index contributed by atoms with van der Waals surface area (Å²) in [6, 6.07) is 5.89. The van der Waals surface area contributed by atoms with Crippen LogP contribution < -0.4 is 14.8 Å². The fourth-order valence-electron chi connectivity index (χ4n) is 2.59. The number of nitrogens with zero attached hydrogens (tertiary/aromatic N) is 3. The number of nitrogens with one attached hydrogen (secondary N) is 1. The molecule has 2 aromatic heterocycles. The number of hydrogen-bond acceptors (Lipinski definition) is 5. The van der Waals surface area contributed by atoms with Crippen LogP contribution in [-0.4, -0.2) is 27.7 Å². The fourth-order valence-corrected chi connectivity index (χ4v) is 2.59. The van der Waals surface area contributed by atoms with E-state index in [1.165, 1.54) is 0 Å². The van der Waals surface area contributed by atoms with E-state index < -0.39 is 0 Å². The van der Waals surface area contributed by atoms with Gasteiger partial charge in [0, 0.05) is 36.6 Å². The maximum Gasteiger partial charge on any atom is 0.163 e. The first-order valence-electron chi connectivity index (χ1n) is 8.10. The first-order chi connectivity index (χ1) is 11.7. The van der Waals surface area contributed by atoms with Crippen molar-refractivity contribution in [2.24, 2.45) is 7.05 Å². The van der Waals surface area contributed by atoms with Crippen LogP contribution in [-0.2, 0) is 13.6 Å². The molecule has 0 aliphatic carbocycles. The van der Waals surface area contributed by atoms with Gasteiger partial charge in [-0.1, -0.05) is 0 Å². The highest BCUT2D eigenvalue weighted by Crippen LogP contribution is 2.35. The minimum absolute atomic E-state index is 0.587. The van der Waals surface area contributed by atoms with Gasteiger partial charge >= 0.3 is 0 Å². The van der Waals surface area contributed by atoms with Crippen molar-refractivity contribution in [3.05, 3.63) is 42.6 Å². The van der Waals surface area contributed by atoms with Crippen molar-refractivity contribution in [1.82, 2.24) is 14.5 Å². The summed E-state index contributed by atoms with van der Waals surface area (Å²) in [6.07, 6.45) is 5.45. The molecule has 0 spiro atoms. The smallest absolute Gasteiger partial charge is 0.163 e. The van der Waals surface area contributed by atoms with Crippen molar-refractivity contribution in [3.8, 4) is 11.5 Å². The van der Waals surface area contributed by atoms with Crippen molar-refractivity contribution in [2.45, 2.75) is 20.4 Å². The molecule has 0 atom stereocenters. The first kappa shape index (κ1) is 16.1. The summed E-state index contributed by atoms with van der Waals surface area (Å²) in [7, 11) is 1.98. The molecule has 126 valence electrons. The van der Waals surface area contributed by atoms with Crippen LogP contribution in [0.3, 0.4) is 0 Å². The number of ether oxygens (including phenoxy) is 2. The van der Waals surface area contributed by atoms with Gasteiger partial charge in [-0.2, -0.15) is 0 Å². The SMILES string of the molecule is CCOc1cc2nccc(NCc3cncn3C)c2cc1OCC. The molecule has 0 bridgehead atoms. The number of hydrogen-bond donors (Lipinski definition) is 1. The lowest BCUT2D eigenvalue weighted by Crippen LogP contribution is -2.05. The fraction of sp³-hybridized carbons (Fsp3) is 0.333. The van der Waals surface area contributed by atoms with Gasteiger partial charge < -0.3 is 19.4 Å². The maximum absolute atomic E-state index is 5.73. The standard InChI is InChI=1S/C18H22N4O2/c1-4-23-17-8-14-15(21-11-13-10-19-12-22(13)3)6-7-20-16(14)9-18(17)24-5-2/h6-10,12H,4-5,11H2,1-3H3,(H,20,21). The highest BCUT2D eigenvalue weighted by molar-refractivity contribution is 5.93. The minimum atomic E-state index is 0.587. The highest BCUT2D eigenvalue weighted by atomic mass is 16.5. The zero-order chi connectivity index (χ0) is 16.9. The predicted molar refractivity (Wildman–Crippen MR) is 94.6 cm³/mol. The highest BCUT2D eigenvalue weighted by Gasteiger charge is 2.11. The molecular formula is C18H22N4O2. The van der Waals surface area contributed by atoms with Crippen molar-refractivity contribution < 1.29 is 9.47 Å². The van der Waals surface area contributed by atoms with E-state index in [0.717, 1.165) is 33.8 Å². The van der Waals surface area contributed by atoms with Crippen LogP contribution in [0.25, 0.3) is 10.9 Å². The molecule has 3 rings (SSSR count). The Bertz CT molecular complexity index is 829. The molecular weight excluding hydrogens is 304 g/mol. The second-order valence-electron chi connectivity index (χ2n) is 5.39. The number of fused-ring (bicyclic) bond motifs is 1. The summed E-state index contributed by atoms with van der Waals surface area (Å²) in [5.74, 6) is 1.46. The Kier molecular flexibility index (Phi) is 4.84. The maximum atomic E-state index is 5.73. The first-order valence-corrected chi connectivity index (χ1v) is 8.10. The average Bonchev–Trinajstić information content (AvgIpc) is 2.99. The van der Waals surface area contributed by atoms with E-state index in [-0.39, 0.29) is 0 Å². The van der Waals surface area contributed by atoms with Gasteiger partial charge in [0.15, 0.2) is 11.5 Å². The number of aryl methyl sites for hydroxylation is 1. The van der Waals surface area contributed by atoms with Crippen LogP contribution in [0.5, 0.6) is 11.5 Å². The minimum Gasteiger partial charge on any atom is -0.490 e. The second kappa shape index (κ2) is 7.21. The van der Waals surface area contributed by atoms with Gasteiger partial charge in [0.1, 0.15) is 0 Å². The second-order valence-corrected chi connectivity index (χ2v) is 5.39. The molecule has 3 aromatic rings. The van der Waals surface area contributed by atoms with E-state index in [4.69, 9.17) is 9.47 Å². The molecule has 1 N–H and O–H groups in total. The lowest BCUT2D eigenvalue weighted by molar-refractivity contribution is 0.288. The number of imidazole rings is 1. The van der Waals surface area contributed by atoms with Crippen LogP contribution in [0.1, 0.15) is 19.5 Å². The normalized spacial score (nSPS) is 10.8. The van der Waals surface area contributed by atoms with Gasteiger partial charge in [0.25, 0.3) is 0 Å². The summed E-state index contributed by atoms with van der Waals surface area (Å²) in [4.78, 5) is 8.60. The van der Waals surface area contributed by atoms with Crippen molar-refractivity contribution in [1.29, 1.82) is 0 Å². The quantitative estimate of drug-likeness (QED) is 0.721. The summed E-state index contributed by atoms with van der Waals surface area (Å²) in [6.45, 7) is 5.78. The van der Waals surface area contributed by atoms with E-state index >= 15 is 0 Å². The molecule has 0 aliphatic rings. The zero-order valence-electron chi connectivity index (χ0n) is 14.2. The monoisotopic (exact) mass is 326 g/mol. The molecule has 2 heterocycles. The lowest BCUT2D eigenvalue weighted by atomic mass is 10.1.